The molecule has 0 aliphatic rings. The average Bonchev–Trinajstić information content (AvgIpc) is 2.09. The molecule has 0 saturated carbocycles. The largest absolute Gasteiger partial charge is 0.506 e. The quantitative estimate of drug-likeness (QED) is 0.531. The standard InChI is InChI=1S/C8H7NO3/c1-12-7-4-2-3-6(11)8(7)9-5-10/h2-4,11H,1H3. The Balaban J connectivity index is 3.28. The molecule has 0 fully saturated rings. The summed E-state index contributed by atoms with van der Waals surface area (Å²) in [7, 11) is 1.43. The van der Waals surface area contributed by atoms with Crippen molar-refractivity contribution >= 4 is 11.8 Å². The van der Waals surface area contributed by atoms with Crippen LogP contribution >= 0.6 is 0 Å². The molecule has 1 N–H and O–H groups in total. The van der Waals surface area contributed by atoms with Gasteiger partial charge in [0.25, 0.3) is 0 Å². The highest BCUT2D eigenvalue weighted by Gasteiger charge is 2.05. The van der Waals surface area contributed by atoms with Crippen molar-refractivity contribution < 1.29 is 14.6 Å². The summed E-state index contributed by atoms with van der Waals surface area (Å²) in [5, 5.41) is 9.20. The van der Waals surface area contributed by atoms with Gasteiger partial charge < -0.3 is 9.84 Å². The maximum atomic E-state index is 9.94. The highest BCUT2D eigenvalue weighted by molar-refractivity contribution is 5.65. The van der Waals surface area contributed by atoms with Crippen LogP contribution in [0.5, 0.6) is 11.5 Å². The lowest BCUT2D eigenvalue weighted by molar-refractivity contribution is 0.409. The third-order valence-corrected chi connectivity index (χ3v) is 1.36. The van der Waals surface area contributed by atoms with Crippen LogP contribution < -0.4 is 4.74 Å². The van der Waals surface area contributed by atoms with E-state index in [1.807, 2.05) is 0 Å². The SMILES string of the molecule is COc1cccc(O)c1N=C=O. The van der Waals surface area contributed by atoms with Crippen LogP contribution in [0.2, 0.25) is 0 Å². The summed E-state index contributed by atoms with van der Waals surface area (Å²) >= 11 is 0. The van der Waals surface area contributed by atoms with E-state index in [4.69, 9.17) is 4.74 Å². The summed E-state index contributed by atoms with van der Waals surface area (Å²) in [6.07, 6.45) is 1.33. The van der Waals surface area contributed by atoms with Gasteiger partial charge in [0.05, 0.1) is 7.11 Å². The molecule has 1 aromatic carbocycles. The molecule has 0 aromatic heterocycles. The lowest BCUT2D eigenvalue weighted by Gasteiger charge is -2.02. The smallest absolute Gasteiger partial charge is 0.240 e. The predicted molar refractivity (Wildman–Crippen MR) is 42.4 cm³/mol. The fraction of sp³-hybridized carbons (Fsp3) is 0.125. The Morgan fingerprint density at radius 2 is 2.33 bits per heavy atom. The van der Waals surface area contributed by atoms with Crippen molar-refractivity contribution in [1.29, 1.82) is 0 Å². The minimum atomic E-state index is -0.0994. The Kier molecular flexibility index (Phi) is 2.46. The van der Waals surface area contributed by atoms with Gasteiger partial charge >= 0.3 is 0 Å². The maximum Gasteiger partial charge on any atom is 0.240 e. The third-order valence-electron chi connectivity index (χ3n) is 1.36. The van der Waals surface area contributed by atoms with Crippen molar-refractivity contribution in [3.63, 3.8) is 0 Å². The van der Waals surface area contributed by atoms with E-state index in [1.54, 1.807) is 12.1 Å². The predicted octanol–water partition coefficient (Wildman–Crippen LogP) is 1.37. The molecule has 1 rings (SSSR count). The topological polar surface area (TPSA) is 58.9 Å². The van der Waals surface area contributed by atoms with E-state index in [-0.39, 0.29) is 11.4 Å². The molecule has 0 heterocycles. The third kappa shape index (κ3) is 1.44. The molecule has 0 saturated heterocycles. The zero-order valence-corrected chi connectivity index (χ0v) is 6.44. The van der Waals surface area contributed by atoms with Crippen molar-refractivity contribution in [1.82, 2.24) is 0 Å². The Bertz CT molecular complexity index is 329. The molecule has 62 valence electrons. The van der Waals surface area contributed by atoms with Crippen molar-refractivity contribution in [2.24, 2.45) is 4.99 Å². The maximum absolute atomic E-state index is 9.94. The van der Waals surface area contributed by atoms with E-state index in [0.717, 1.165) is 0 Å². The van der Waals surface area contributed by atoms with Crippen molar-refractivity contribution in [2.45, 2.75) is 0 Å². The number of methoxy groups -OCH3 is 1. The van der Waals surface area contributed by atoms with Gasteiger partial charge in [0, 0.05) is 0 Å². The van der Waals surface area contributed by atoms with Gasteiger partial charge in [-0.2, -0.15) is 4.99 Å². The lowest BCUT2D eigenvalue weighted by Crippen LogP contribution is -1.82. The molecule has 0 aliphatic carbocycles. The van der Waals surface area contributed by atoms with Crippen LogP contribution in [-0.4, -0.2) is 18.3 Å². The molecule has 0 radical (unpaired) electrons. The van der Waals surface area contributed by atoms with Crippen molar-refractivity contribution in [2.75, 3.05) is 7.11 Å². The van der Waals surface area contributed by atoms with Crippen LogP contribution in [0.4, 0.5) is 5.69 Å². The van der Waals surface area contributed by atoms with Gasteiger partial charge in [0.1, 0.15) is 11.5 Å². The second kappa shape index (κ2) is 3.55. The molecule has 0 unspecified atom stereocenters. The molecule has 1 aromatic rings. The van der Waals surface area contributed by atoms with E-state index in [2.05, 4.69) is 4.99 Å². The first kappa shape index (κ1) is 8.30. The number of rotatable bonds is 2. The van der Waals surface area contributed by atoms with E-state index in [1.165, 1.54) is 19.3 Å². The molecular weight excluding hydrogens is 158 g/mol. The zero-order valence-electron chi connectivity index (χ0n) is 6.44. The molecule has 4 heteroatoms. The zero-order chi connectivity index (χ0) is 8.97. The lowest BCUT2D eigenvalue weighted by atomic mass is 10.3. The fourth-order valence-electron chi connectivity index (χ4n) is 0.833. The van der Waals surface area contributed by atoms with Gasteiger partial charge in [0.2, 0.25) is 6.08 Å². The first-order valence-corrected chi connectivity index (χ1v) is 3.23. The summed E-state index contributed by atoms with van der Waals surface area (Å²) in [5.41, 5.74) is 0.106. The molecule has 0 bridgehead atoms. The Labute approximate surface area is 69.1 Å². The molecule has 12 heavy (non-hydrogen) atoms. The van der Waals surface area contributed by atoms with Crippen LogP contribution in [0, 0.1) is 0 Å². The van der Waals surface area contributed by atoms with Gasteiger partial charge in [-0.15, -0.1) is 0 Å². The molecule has 0 amide bonds. The number of aromatic hydroxyl groups is 1. The van der Waals surface area contributed by atoms with Crippen LogP contribution in [0.25, 0.3) is 0 Å². The Morgan fingerprint density at radius 3 is 2.92 bits per heavy atom. The van der Waals surface area contributed by atoms with Crippen molar-refractivity contribution in [3.05, 3.63) is 18.2 Å². The first-order valence-electron chi connectivity index (χ1n) is 3.23. The molecule has 0 atom stereocenters. The van der Waals surface area contributed by atoms with E-state index in [9.17, 15) is 9.90 Å². The van der Waals surface area contributed by atoms with E-state index in [0.29, 0.717) is 5.75 Å². The van der Waals surface area contributed by atoms with Crippen LogP contribution in [0.1, 0.15) is 0 Å². The number of ether oxygens (including phenoxy) is 1. The van der Waals surface area contributed by atoms with Gasteiger partial charge in [0.15, 0.2) is 5.69 Å². The monoisotopic (exact) mass is 165 g/mol. The van der Waals surface area contributed by atoms with Gasteiger partial charge in [-0.25, -0.2) is 4.79 Å². The summed E-state index contributed by atoms with van der Waals surface area (Å²) < 4.78 is 4.85. The normalized spacial score (nSPS) is 8.75. The number of hydrogen-bond donors (Lipinski definition) is 1. The number of benzene rings is 1. The summed E-state index contributed by atoms with van der Waals surface area (Å²) in [6, 6.07) is 4.60. The second-order valence-electron chi connectivity index (χ2n) is 2.03. The highest BCUT2D eigenvalue weighted by Crippen LogP contribution is 2.35. The van der Waals surface area contributed by atoms with E-state index < -0.39 is 0 Å². The minimum absolute atomic E-state index is 0.0994. The van der Waals surface area contributed by atoms with Gasteiger partial charge in [-0.1, -0.05) is 6.07 Å². The minimum Gasteiger partial charge on any atom is -0.506 e. The summed E-state index contributed by atoms with van der Waals surface area (Å²) in [5.74, 6) is 0.246. The fourth-order valence-corrected chi connectivity index (χ4v) is 0.833. The van der Waals surface area contributed by atoms with Crippen molar-refractivity contribution in [3.8, 4) is 11.5 Å². The Hall–Kier alpha value is -1.80. The molecular formula is C8H7NO3. The number of nitrogens with zero attached hydrogens (tertiary/aromatic N) is 1. The van der Waals surface area contributed by atoms with Crippen LogP contribution in [-0.2, 0) is 4.79 Å². The summed E-state index contributed by atoms with van der Waals surface area (Å²) in [6.45, 7) is 0. The number of para-hydroxylation sites is 1. The van der Waals surface area contributed by atoms with Crippen LogP contribution in [0.15, 0.2) is 23.2 Å². The number of aliphatic imine (C=N–C) groups is 1. The number of hydrogen-bond acceptors (Lipinski definition) is 4. The number of phenolic OH excluding ortho intramolecular Hbond substituents is 1. The first-order chi connectivity index (χ1) is 5.79. The van der Waals surface area contributed by atoms with Gasteiger partial charge in [-0.05, 0) is 12.1 Å². The number of isocyanates is 1. The average molecular weight is 165 g/mol. The highest BCUT2D eigenvalue weighted by atomic mass is 16.5. The molecule has 0 spiro atoms. The molecule has 0 aliphatic heterocycles. The summed E-state index contributed by atoms with van der Waals surface area (Å²) in [4.78, 5) is 13.2. The van der Waals surface area contributed by atoms with Gasteiger partial charge in [-0.3, -0.25) is 0 Å². The number of carbonyl (C=O) groups excluding carboxylic acids is 1. The Morgan fingerprint density at radius 1 is 1.58 bits per heavy atom. The second-order valence-corrected chi connectivity index (χ2v) is 2.03. The van der Waals surface area contributed by atoms with E-state index >= 15 is 0 Å². The number of phenols is 1. The molecule has 4 nitrogen and oxygen atoms in total. The van der Waals surface area contributed by atoms with Crippen LogP contribution in [0.3, 0.4) is 0 Å².